The SMILES string of the molecule is COC(=O)CNC(=O)c1cccc(C=CC(=O)c2c(O)c3cccnc3n(C)c2=O)c1. The van der Waals surface area contributed by atoms with Gasteiger partial charge in [0.15, 0.2) is 5.78 Å². The van der Waals surface area contributed by atoms with Crippen LogP contribution in [0.3, 0.4) is 0 Å². The lowest BCUT2D eigenvalue weighted by Gasteiger charge is -2.09. The zero-order chi connectivity index (χ0) is 22.5. The van der Waals surface area contributed by atoms with Gasteiger partial charge in [0.05, 0.1) is 12.5 Å². The first-order valence-corrected chi connectivity index (χ1v) is 9.17. The molecule has 3 aromatic rings. The average Bonchev–Trinajstić information content (AvgIpc) is 2.79. The molecule has 0 spiro atoms. The molecule has 158 valence electrons. The van der Waals surface area contributed by atoms with Gasteiger partial charge >= 0.3 is 5.97 Å². The first-order chi connectivity index (χ1) is 14.8. The number of ketones is 1. The van der Waals surface area contributed by atoms with Crippen molar-refractivity contribution in [1.82, 2.24) is 14.9 Å². The largest absolute Gasteiger partial charge is 0.506 e. The molecule has 0 atom stereocenters. The van der Waals surface area contributed by atoms with Crippen molar-refractivity contribution in [2.45, 2.75) is 0 Å². The second-order valence-corrected chi connectivity index (χ2v) is 6.54. The van der Waals surface area contributed by atoms with E-state index < -0.39 is 29.0 Å². The number of rotatable bonds is 6. The van der Waals surface area contributed by atoms with E-state index in [1.165, 1.54) is 37.1 Å². The molecule has 0 saturated heterocycles. The zero-order valence-electron chi connectivity index (χ0n) is 16.8. The fraction of sp³-hybridized carbons (Fsp3) is 0.136. The van der Waals surface area contributed by atoms with Crippen LogP contribution in [-0.2, 0) is 16.6 Å². The normalized spacial score (nSPS) is 10.9. The molecule has 0 bridgehead atoms. The van der Waals surface area contributed by atoms with Gasteiger partial charge in [-0.2, -0.15) is 0 Å². The van der Waals surface area contributed by atoms with Gasteiger partial charge in [0.25, 0.3) is 11.5 Å². The molecule has 3 rings (SSSR count). The molecule has 2 N–H and O–H groups in total. The molecule has 9 nitrogen and oxygen atoms in total. The highest BCUT2D eigenvalue weighted by atomic mass is 16.5. The summed E-state index contributed by atoms with van der Waals surface area (Å²) in [5.41, 5.74) is 0.00333. The first kappa shape index (κ1) is 21.4. The Morgan fingerprint density at radius 2 is 2.00 bits per heavy atom. The van der Waals surface area contributed by atoms with E-state index in [2.05, 4.69) is 15.0 Å². The Balaban J connectivity index is 1.86. The van der Waals surface area contributed by atoms with Crippen molar-refractivity contribution < 1.29 is 24.2 Å². The number of fused-ring (bicyclic) bond motifs is 1. The molecular formula is C22H19N3O6. The Kier molecular flexibility index (Phi) is 6.25. The number of aryl methyl sites for hydroxylation is 1. The van der Waals surface area contributed by atoms with Crippen LogP contribution in [0, 0.1) is 0 Å². The molecule has 0 fully saturated rings. The van der Waals surface area contributed by atoms with Gasteiger partial charge in [-0.05, 0) is 35.9 Å². The fourth-order valence-electron chi connectivity index (χ4n) is 2.94. The number of hydrogen-bond donors (Lipinski definition) is 2. The smallest absolute Gasteiger partial charge is 0.325 e. The number of allylic oxidation sites excluding steroid dienone is 1. The number of carbonyl (C=O) groups is 3. The minimum atomic E-state index is -0.690. The monoisotopic (exact) mass is 421 g/mol. The number of esters is 1. The molecule has 1 amide bonds. The summed E-state index contributed by atoms with van der Waals surface area (Å²) in [5.74, 6) is -2.19. The van der Waals surface area contributed by atoms with Gasteiger partial charge in [-0.1, -0.05) is 18.2 Å². The standard InChI is InChI=1S/C22H19N3O6/c1-25-20-15(7-4-10-23-20)19(28)18(22(25)30)16(26)9-8-13-5-3-6-14(11-13)21(29)24-12-17(27)31-2/h3-11,28H,12H2,1-2H3,(H,24,29). The molecule has 31 heavy (non-hydrogen) atoms. The fourth-order valence-corrected chi connectivity index (χ4v) is 2.94. The molecular weight excluding hydrogens is 402 g/mol. The minimum Gasteiger partial charge on any atom is -0.506 e. The van der Waals surface area contributed by atoms with Crippen molar-refractivity contribution in [3.8, 4) is 5.75 Å². The number of nitrogens with one attached hydrogen (secondary N) is 1. The van der Waals surface area contributed by atoms with Crippen molar-refractivity contribution in [2.75, 3.05) is 13.7 Å². The molecule has 0 saturated carbocycles. The zero-order valence-corrected chi connectivity index (χ0v) is 16.8. The second-order valence-electron chi connectivity index (χ2n) is 6.54. The highest BCUT2D eigenvalue weighted by Gasteiger charge is 2.19. The van der Waals surface area contributed by atoms with Crippen molar-refractivity contribution in [3.05, 3.63) is 75.7 Å². The van der Waals surface area contributed by atoms with Gasteiger partial charge in [0, 0.05) is 18.8 Å². The Morgan fingerprint density at radius 3 is 2.74 bits per heavy atom. The lowest BCUT2D eigenvalue weighted by Crippen LogP contribution is -2.30. The molecule has 0 radical (unpaired) electrons. The third-order valence-corrected chi connectivity index (χ3v) is 4.56. The maximum Gasteiger partial charge on any atom is 0.325 e. The highest BCUT2D eigenvalue weighted by molar-refractivity contribution is 6.11. The van der Waals surface area contributed by atoms with Crippen LogP contribution in [0.15, 0.2) is 53.5 Å². The number of methoxy groups -OCH3 is 1. The van der Waals surface area contributed by atoms with E-state index in [-0.39, 0.29) is 28.7 Å². The topological polar surface area (TPSA) is 128 Å². The van der Waals surface area contributed by atoms with Gasteiger partial charge in [0.2, 0.25) is 0 Å². The first-order valence-electron chi connectivity index (χ1n) is 9.17. The van der Waals surface area contributed by atoms with Crippen molar-refractivity contribution in [1.29, 1.82) is 0 Å². The molecule has 0 aliphatic heterocycles. The molecule has 0 aliphatic carbocycles. The van der Waals surface area contributed by atoms with Crippen molar-refractivity contribution in [2.24, 2.45) is 7.05 Å². The molecule has 2 heterocycles. The predicted octanol–water partition coefficient (Wildman–Crippen LogP) is 1.44. The summed E-state index contributed by atoms with van der Waals surface area (Å²) >= 11 is 0. The van der Waals surface area contributed by atoms with E-state index in [0.29, 0.717) is 5.56 Å². The summed E-state index contributed by atoms with van der Waals surface area (Å²) in [5, 5.41) is 13.2. The van der Waals surface area contributed by atoms with Crippen LogP contribution in [0.4, 0.5) is 0 Å². The van der Waals surface area contributed by atoms with E-state index in [0.717, 1.165) is 6.08 Å². The number of nitrogens with zero attached hydrogens (tertiary/aromatic N) is 2. The summed E-state index contributed by atoms with van der Waals surface area (Å²) < 4.78 is 5.66. The Hall–Kier alpha value is -4.27. The third kappa shape index (κ3) is 4.50. The van der Waals surface area contributed by atoms with Crippen LogP contribution < -0.4 is 10.9 Å². The number of carbonyl (C=O) groups excluding carboxylic acids is 3. The number of aromatic hydroxyl groups is 1. The summed E-state index contributed by atoms with van der Waals surface area (Å²) in [6.45, 7) is -0.271. The Labute approximate surface area is 176 Å². The summed E-state index contributed by atoms with van der Waals surface area (Å²) in [7, 11) is 2.68. The molecule has 0 unspecified atom stereocenters. The quantitative estimate of drug-likeness (QED) is 0.350. The van der Waals surface area contributed by atoms with Crippen LogP contribution >= 0.6 is 0 Å². The Bertz CT molecular complexity index is 1280. The molecule has 0 aliphatic rings. The molecule has 2 aromatic heterocycles. The van der Waals surface area contributed by atoms with Crippen LogP contribution in [0.2, 0.25) is 0 Å². The van der Waals surface area contributed by atoms with Crippen LogP contribution in [-0.4, -0.2) is 46.0 Å². The highest BCUT2D eigenvalue weighted by Crippen LogP contribution is 2.25. The van der Waals surface area contributed by atoms with Gasteiger partial charge < -0.3 is 15.2 Å². The number of pyridine rings is 2. The summed E-state index contributed by atoms with van der Waals surface area (Å²) in [6, 6.07) is 9.47. The predicted molar refractivity (Wildman–Crippen MR) is 113 cm³/mol. The summed E-state index contributed by atoms with van der Waals surface area (Å²) in [6.07, 6.45) is 4.05. The van der Waals surface area contributed by atoms with Crippen molar-refractivity contribution >= 4 is 34.8 Å². The van der Waals surface area contributed by atoms with Gasteiger partial charge in [-0.15, -0.1) is 0 Å². The average molecular weight is 421 g/mol. The van der Waals surface area contributed by atoms with E-state index >= 15 is 0 Å². The minimum absolute atomic E-state index is 0.260. The van der Waals surface area contributed by atoms with Gasteiger partial charge in [0.1, 0.15) is 23.5 Å². The maximum absolute atomic E-state index is 12.7. The lowest BCUT2D eigenvalue weighted by molar-refractivity contribution is -0.139. The number of ether oxygens (including phenoxy) is 1. The van der Waals surface area contributed by atoms with Crippen molar-refractivity contribution in [3.63, 3.8) is 0 Å². The number of aromatic nitrogens is 2. The van der Waals surface area contributed by atoms with E-state index in [4.69, 9.17) is 0 Å². The summed E-state index contributed by atoms with van der Waals surface area (Å²) in [4.78, 5) is 52.6. The van der Waals surface area contributed by atoms with Gasteiger partial charge in [-0.3, -0.25) is 23.7 Å². The molecule has 1 aromatic carbocycles. The van der Waals surface area contributed by atoms with Crippen LogP contribution in [0.1, 0.15) is 26.3 Å². The van der Waals surface area contributed by atoms with Gasteiger partial charge in [-0.25, -0.2) is 4.98 Å². The van der Waals surface area contributed by atoms with Crippen LogP contribution in [0.25, 0.3) is 17.1 Å². The lowest BCUT2D eigenvalue weighted by atomic mass is 10.1. The van der Waals surface area contributed by atoms with E-state index in [1.54, 1.807) is 30.3 Å². The van der Waals surface area contributed by atoms with E-state index in [1.807, 2.05) is 0 Å². The molecule has 9 heteroatoms. The second kappa shape index (κ2) is 9.04. The van der Waals surface area contributed by atoms with E-state index in [9.17, 15) is 24.3 Å². The Morgan fingerprint density at radius 1 is 1.23 bits per heavy atom. The number of benzene rings is 1. The van der Waals surface area contributed by atoms with Crippen LogP contribution in [0.5, 0.6) is 5.75 Å². The number of hydrogen-bond acceptors (Lipinski definition) is 7. The number of amides is 1. The maximum atomic E-state index is 12.7. The third-order valence-electron chi connectivity index (χ3n) is 4.56.